The smallest absolute Gasteiger partial charge is 0.242 e. The van der Waals surface area contributed by atoms with Gasteiger partial charge in [0.05, 0.1) is 0 Å². The molecule has 0 saturated heterocycles. The molecule has 1 amide bonds. The van der Waals surface area contributed by atoms with Gasteiger partial charge in [-0.25, -0.2) is 0 Å². The van der Waals surface area contributed by atoms with Crippen molar-refractivity contribution in [1.29, 1.82) is 0 Å². The summed E-state index contributed by atoms with van der Waals surface area (Å²) in [5.41, 5.74) is 6.70. The van der Waals surface area contributed by atoms with Crippen molar-refractivity contribution < 1.29 is 4.79 Å². The van der Waals surface area contributed by atoms with Crippen LogP contribution in [0.2, 0.25) is 0 Å². The van der Waals surface area contributed by atoms with Crippen molar-refractivity contribution in [2.75, 3.05) is 6.54 Å². The van der Waals surface area contributed by atoms with Crippen LogP contribution in [-0.2, 0) is 11.2 Å². The summed E-state index contributed by atoms with van der Waals surface area (Å²) >= 11 is 1.48. The maximum atomic E-state index is 12.0. The molecule has 3 aromatic rings. The van der Waals surface area contributed by atoms with E-state index in [2.05, 4.69) is 15.5 Å². The van der Waals surface area contributed by atoms with Crippen LogP contribution in [0.4, 0.5) is 0 Å². The highest BCUT2D eigenvalue weighted by Crippen LogP contribution is 2.16. The van der Waals surface area contributed by atoms with Crippen molar-refractivity contribution in [3.8, 4) is 0 Å². The molecule has 0 aliphatic rings. The largest absolute Gasteiger partial charge is 0.354 e. The molecule has 0 aromatic carbocycles. The predicted octanol–water partition coefficient (Wildman–Crippen LogP) is 1.15. The molecule has 1 atom stereocenters. The Morgan fingerprint density at radius 1 is 1.33 bits per heavy atom. The van der Waals surface area contributed by atoms with Gasteiger partial charge in [-0.2, -0.15) is 0 Å². The van der Waals surface area contributed by atoms with Crippen LogP contribution in [0.25, 0.3) is 5.65 Å². The van der Waals surface area contributed by atoms with Gasteiger partial charge in [-0.3, -0.25) is 9.20 Å². The van der Waals surface area contributed by atoms with Gasteiger partial charge < -0.3 is 11.1 Å². The van der Waals surface area contributed by atoms with E-state index in [1.165, 1.54) is 11.3 Å². The molecular formula is C14H15N5OS. The number of aromatic nitrogens is 3. The summed E-state index contributed by atoms with van der Waals surface area (Å²) in [5, 5.41) is 12.9. The standard InChI is InChI=1S/C14H15N5OS/c15-13(10-4-3-9-21-10)14(20)16-7-6-12-18-17-11-5-1-2-8-19(11)12/h1-5,8-9,13H,6-7,15H2,(H,16,20). The SMILES string of the molecule is NC(C(=O)NCCc1nnc2ccccn12)c1cccs1. The molecule has 21 heavy (non-hydrogen) atoms. The topological polar surface area (TPSA) is 85.3 Å². The van der Waals surface area contributed by atoms with E-state index in [1.807, 2.05) is 46.3 Å². The lowest BCUT2D eigenvalue weighted by Crippen LogP contribution is -2.35. The van der Waals surface area contributed by atoms with Crippen molar-refractivity contribution in [2.24, 2.45) is 5.73 Å². The number of nitrogens with zero attached hydrogens (tertiary/aromatic N) is 3. The maximum Gasteiger partial charge on any atom is 0.242 e. The van der Waals surface area contributed by atoms with E-state index in [-0.39, 0.29) is 5.91 Å². The zero-order valence-corrected chi connectivity index (χ0v) is 12.1. The summed E-state index contributed by atoms with van der Waals surface area (Å²) in [4.78, 5) is 12.8. The van der Waals surface area contributed by atoms with Gasteiger partial charge >= 0.3 is 0 Å². The molecular weight excluding hydrogens is 286 g/mol. The Bertz CT molecular complexity index is 737. The molecule has 6 nitrogen and oxygen atoms in total. The van der Waals surface area contributed by atoms with Crippen LogP contribution in [0.15, 0.2) is 41.9 Å². The van der Waals surface area contributed by atoms with Gasteiger partial charge in [0.15, 0.2) is 5.65 Å². The molecule has 3 N–H and O–H groups in total. The van der Waals surface area contributed by atoms with E-state index in [4.69, 9.17) is 5.73 Å². The molecule has 0 fully saturated rings. The molecule has 1 unspecified atom stereocenters. The molecule has 0 spiro atoms. The molecule has 0 aliphatic carbocycles. The number of rotatable bonds is 5. The summed E-state index contributed by atoms with van der Waals surface area (Å²) < 4.78 is 1.91. The van der Waals surface area contributed by atoms with Crippen LogP contribution in [-0.4, -0.2) is 27.0 Å². The van der Waals surface area contributed by atoms with Gasteiger partial charge in [0.25, 0.3) is 0 Å². The second kappa shape index (κ2) is 6.02. The number of pyridine rings is 1. The number of carbonyl (C=O) groups excluding carboxylic acids is 1. The Kier molecular flexibility index (Phi) is 3.94. The van der Waals surface area contributed by atoms with Crippen LogP contribution in [0.5, 0.6) is 0 Å². The van der Waals surface area contributed by atoms with Crippen molar-refractivity contribution in [1.82, 2.24) is 19.9 Å². The van der Waals surface area contributed by atoms with Gasteiger partial charge in [-0.05, 0) is 23.6 Å². The minimum absolute atomic E-state index is 0.175. The van der Waals surface area contributed by atoms with E-state index >= 15 is 0 Å². The molecule has 3 heterocycles. The molecule has 0 saturated carbocycles. The molecule has 0 aliphatic heterocycles. The first-order valence-corrected chi connectivity index (χ1v) is 7.49. The van der Waals surface area contributed by atoms with Gasteiger partial charge in [0.2, 0.25) is 5.91 Å². The van der Waals surface area contributed by atoms with Gasteiger partial charge in [0, 0.05) is 24.0 Å². The second-order valence-electron chi connectivity index (χ2n) is 4.58. The second-order valence-corrected chi connectivity index (χ2v) is 5.56. The number of hydrogen-bond acceptors (Lipinski definition) is 5. The Morgan fingerprint density at radius 3 is 3.05 bits per heavy atom. The third-order valence-corrected chi connectivity index (χ3v) is 4.12. The zero-order valence-electron chi connectivity index (χ0n) is 11.3. The average molecular weight is 301 g/mol. The number of fused-ring (bicyclic) bond motifs is 1. The zero-order chi connectivity index (χ0) is 14.7. The van der Waals surface area contributed by atoms with E-state index in [0.29, 0.717) is 13.0 Å². The van der Waals surface area contributed by atoms with Crippen LogP contribution in [0.3, 0.4) is 0 Å². The van der Waals surface area contributed by atoms with Crippen molar-refractivity contribution in [3.63, 3.8) is 0 Å². The average Bonchev–Trinajstić information content (AvgIpc) is 3.16. The number of nitrogens with two attached hydrogens (primary N) is 1. The predicted molar refractivity (Wildman–Crippen MR) is 80.9 cm³/mol. The van der Waals surface area contributed by atoms with Crippen molar-refractivity contribution in [3.05, 3.63) is 52.6 Å². The van der Waals surface area contributed by atoms with Gasteiger partial charge in [-0.15, -0.1) is 21.5 Å². The summed E-state index contributed by atoms with van der Waals surface area (Å²) in [5.74, 6) is 0.641. The monoisotopic (exact) mass is 301 g/mol. The Balaban J connectivity index is 1.57. The summed E-state index contributed by atoms with van der Waals surface area (Å²) in [6.45, 7) is 0.480. The molecule has 0 bridgehead atoms. The molecule has 3 rings (SSSR count). The quantitative estimate of drug-likeness (QED) is 0.740. The summed E-state index contributed by atoms with van der Waals surface area (Å²) in [7, 11) is 0. The lowest BCUT2D eigenvalue weighted by atomic mass is 10.2. The number of thiophene rings is 1. The van der Waals surface area contributed by atoms with Crippen molar-refractivity contribution >= 4 is 22.9 Å². The first-order chi connectivity index (χ1) is 10.3. The summed E-state index contributed by atoms with van der Waals surface area (Å²) in [6, 6.07) is 8.86. The van der Waals surface area contributed by atoms with Crippen molar-refractivity contribution in [2.45, 2.75) is 12.5 Å². The van der Waals surface area contributed by atoms with Crippen LogP contribution in [0.1, 0.15) is 16.7 Å². The highest BCUT2D eigenvalue weighted by atomic mass is 32.1. The van der Waals surface area contributed by atoms with Gasteiger partial charge in [0.1, 0.15) is 11.9 Å². The Hall–Kier alpha value is -2.25. The van der Waals surface area contributed by atoms with E-state index < -0.39 is 6.04 Å². The van der Waals surface area contributed by atoms with Crippen LogP contribution < -0.4 is 11.1 Å². The van der Waals surface area contributed by atoms with E-state index in [1.54, 1.807) is 0 Å². The van der Waals surface area contributed by atoms with Crippen LogP contribution >= 0.6 is 11.3 Å². The highest BCUT2D eigenvalue weighted by Gasteiger charge is 2.16. The number of carbonyl (C=O) groups is 1. The third-order valence-electron chi connectivity index (χ3n) is 3.16. The molecule has 3 aromatic heterocycles. The lowest BCUT2D eigenvalue weighted by molar-refractivity contribution is -0.122. The Labute approximate surface area is 125 Å². The first kappa shape index (κ1) is 13.7. The maximum absolute atomic E-state index is 12.0. The molecule has 7 heteroatoms. The fourth-order valence-corrected chi connectivity index (χ4v) is 2.79. The van der Waals surface area contributed by atoms with E-state index in [0.717, 1.165) is 16.3 Å². The molecule has 0 radical (unpaired) electrons. The third kappa shape index (κ3) is 2.93. The van der Waals surface area contributed by atoms with Crippen LogP contribution in [0, 0.1) is 0 Å². The minimum atomic E-state index is -0.611. The Morgan fingerprint density at radius 2 is 2.24 bits per heavy atom. The fraction of sp³-hybridized carbons (Fsp3) is 0.214. The lowest BCUT2D eigenvalue weighted by Gasteiger charge is -2.10. The normalized spacial score (nSPS) is 12.4. The number of hydrogen-bond donors (Lipinski definition) is 2. The first-order valence-electron chi connectivity index (χ1n) is 6.61. The van der Waals surface area contributed by atoms with Gasteiger partial charge in [-0.1, -0.05) is 12.1 Å². The minimum Gasteiger partial charge on any atom is -0.354 e. The molecule has 108 valence electrons. The number of amides is 1. The highest BCUT2D eigenvalue weighted by molar-refractivity contribution is 7.10. The van der Waals surface area contributed by atoms with E-state index in [9.17, 15) is 4.79 Å². The fourth-order valence-electron chi connectivity index (χ4n) is 2.07. The summed E-state index contributed by atoms with van der Waals surface area (Å²) in [6.07, 6.45) is 2.51. The number of nitrogens with one attached hydrogen (secondary N) is 1.